The molecule has 2 fully saturated rings. The van der Waals surface area contributed by atoms with E-state index in [9.17, 15) is 9.59 Å². The van der Waals surface area contributed by atoms with E-state index in [-0.39, 0.29) is 11.9 Å². The summed E-state index contributed by atoms with van der Waals surface area (Å²) in [5.41, 5.74) is 1.01. The smallest absolute Gasteiger partial charge is 0.315 e. The van der Waals surface area contributed by atoms with Gasteiger partial charge in [-0.05, 0) is 63.1 Å². The lowest BCUT2D eigenvalue weighted by Gasteiger charge is -2.29. The average molecular weight is 374 g/mol. The van der Waals surface area contributed by atoms with Crippen LogP contribution in [0.2, 0.25) is 0 Å². The van der Waals surface area contributed by atoms with Crippen LogP contribution in [0.4, 0.5) is 10.6 Å². The minimum absolute atomic E-state index is 0.00106. The fourth-order valence-corrected chi connectivity index (χ4v) is 3.75. The topological polar surface area (TPSA) is 77.6 Å². The molecule has 7 heteroatoms. The molecule has 2 aliphatic rings. The van der Waals surface area contributed by atoms with Gasteiger partial charge in [-0.25, -0.2) is 9.78 Å². The van der Waals surface area contributed by atoms with Gasteiger partial charge in [0, 0.05) is 38.9 Å². The molecule has 2 N–H and O–H groups in total. The summed E-state index contributed by atoms with van der Waals surface area (Å²) < 4.78 is 0. The van der Waals surface area contributed by atoms with Gasteiger partial charge in [-0.2, -0.15) is 0 Å². The first-order chi connectivity index (χ1) is 13.1. The highest BCUT2D eigenvalue weighted by atomic mass is 16.2. The Kier molecular flexibility index (Phi) is 6.90. The second-order valence-corrected chi connectivity index (χ2v) is 7.50. The molecule has 1 aromatic rings. The number of piperidine rings is 2. The molecule has 3 heterocycles. The first kappa shape index (κ1) is 19.5. The molecule has 2 saturated heterocycles. The summed E-state index contributed by atoms with van der Waals surface area (Å²) in [4.78, 5) is 33.2. The molecular weight excluding hydrogens is 342 g/mol. The van der Waals surface area contributed by atoms with Gasteiger partial charge in [-0.1, -0.05) is 0 Å². The van der Waals surface area contributed by atoms with Gasteiger partial charge in [-0.15, -0.1) is 0 Å². The zero-order chi connectivity index (χ0) is 19.1. The van der Waals surface area contributed by atoms with Crippen molar-refractivity contribution in [2.24, 2.45) is 0 Å². The van der Waals surface area contributed by atoms with E-state index in [1.165, 1.54) is 25.7 Å². The lowest BCUT2D eigenvalue weighted by molar-refractivity contribution is -0.133. The number of hydrogen-bond acceptors (Lipinski definition) is 4. The van der Waals surface area contributed by atoms with Gasteiger partial charge in [0.2, 0.25) is 5.91 Å². The number of carbonyl (C=O) groups is 2. The second kappa shape index (κ2) is 9.58. The Morgan fingerprint density at radius 2 is 1.74 bits per heavy atom. The lowest BCUT2D eigenvalue weighted by Crippen LogP contribution is -2.50. The van der Waals surface area contributed by atoms with Crippen molar-refractivity contribution in [1.29, 1.82) is 0 Å². The number of aromatic nitrogens is 1. The van der Waals surface area contributed by atoms with Crippen LogP contribution in [-0.4, -0.2) is 54.0 Å². The zero-order valence-corrected chi connectivity index (χ0v) is 16.2. The molecular formula is C20H31N5O2. The number of carbonyl (C=O) groups excluding carboxylic acids is 2. The monoisotopic (exact) mass is 373 g/mol. The zero-order valence-electron chi connectivity index (χ0n) is 16.2. The Hall–Kier alpha value is -2.31. The molecule has 148 valence electrons. The van der Waals surface area contributed by atoms with Crippen LogP contribution in [0.15, 0.2) is 18.3 Å². The van der Waals surface area contributed by atoms with Crippen molar-refractivity contribution in [2.75, 3.05) is 31.1 Å². The number of likely N-dealkylation sites (tertiary alicyclic amines) is 1. The number of anilines is 1. The molecule has 0 unspecified atom stereocenters. The highest BCUT2D eigenvalue weighted by Gasteiger charge is 2.23. The minimum atomic E-state index is -0.510. The van der Waals surface area contributed by atoms with E-state index in [0.29, 0.717) is 6.54 Å². The van der Waals surface area contributed by atoms with Crippen LogP contribution in [0.5, 0.6) is 0 Å². The highest BCUT2D eigenvalue weighted by Crippen LogP contribution is 2.18. The van der Waals surface area contributed by atoms with E-state index in [4.69, 9.17) is 0 Å². The van der Waals surface area contributed by atoms with Gasteiger partial charge in [0.1, 0.15) is 11.9 Å². The van der Waals surface area contributed by atoms with Crippen molar-refractivity contribution in [3.8, 4) is 0 Å². The average Bonchev–Trinajstić information content (AvgIpc) is 2.73. The molecule has 27 heavy (non-hydrogen) atoms. The van der Waals surface area contributed by atoms with Crippen LogP contribution >= 0.6 is 0 Å². The Balaban J connectivity index is 1.46. The number of pyridine rings is 1. The van der Waals surface area contributed by atoms with Gasteiger partial charge in [-0.3, -0.25) is 4.79 Å². The molecule has 7 nitrogen and oxygen atoms in total. The molecule has 0 saturated carbocycles. The summed E-state index contributed by atoms with van der Waals surface area (Å²) in [6, 6.07) is 3.12. The largest absolute Gasteiger partial charge is 0.357 e. The van der Waals surface area contributed by atoms with E-state index in [1.807, 2.05) is 17.0 Å². The van der Waals surface area contributed by atoms with E-state index in [2.05, 4.69) is 20.5 Å². The van der Waals surface area contributed by atoms with Gasteiger partial charge in [0.05, 0.1) is 0 Å². The van der Waals surface area contributed by atoms with Crippen LogP contribution in [0, 0.1) is 0 Å². The summed E-state index contributed by atoms with van der Waals surface area (Å²) in [7, 11) is 0. The molecule has 0 radical (unpaired) electrons. The molecule has 0 aromatic carbocycles. The van der Waals surface area contributed by atoms with Crippen molar-refractivity contribution in [1.82, 2.24) is 20.5 Å². The highest BCUT2D eigenvalue weighted by molar-refractivity contribution is 5.86. The van der Waals surface area contributed by atoms with Crippen molar-refractivity contribution < 1.29 is 9.59 Å². The maximum Gasteiger partial charge on any atom is 0.315 e. The van der Waals surface area contributed by atoms with Crippen LogP contribution < -0.4 is 15.5 Å². The summed E-state index contributed by atoms with van der Waals surface area (Å²) in [6.07, 6.45) is 8.76. The van der Waals surface area contributed by atoms with E-state index in [1.54, 1.807) is 13.1 Å². The number of rotatable bonds is 5. The van der Waals surface area contributed by atoms with Crippen LogP contribution in [-0.2, 0) is 11.3 Å². The minimum Gasteiger partial charge on any atom is -0.357 e. The molecule has 0 bridgehead atoms. The number of urea groups is 1. The molecule has 0 spiro atoms. The fourth-order valence-electron chi connectivity index (χ4n) is 3.75. The number of nitrogens with zero attached hydrogens (tertiary/aromatic N) is 3. The normalized spacial score (nSPS) is 18.7. The Morgan fingerprint density at radius 1 is 1.07 bits per heavy atom. The van der Waals surface area contributed by atoms with Crippen LogP contribution in [0.25, 0.3) is 0 Å². The van der Waals surface area contributed by atoms with Crippen molar-refractivity contribution in [3.63, 3.8) is 0 Å². The van der Waals surface area contributed by atoms with Gasteiger partial charge in [0.25, 0.3) is 0 Å². The van der Waals surface area contributed by atoms with Gasteiger partial charge in [0.15, 0.2) is 0 Å². The fraction of sp³-hybridized carbons (Fsp3) is 0.650. The molecule has 0 aliphatic carbocycles. The quantitative estimate of drug-likeness (QED) is 0.830. The Bertz CT molecular complexity index is 639. The molecule has 3 amide bonds. The second-order valence-electron chi connectivity index (χ2n) is 7.50. The Labute approximate surface area is 161 Å². The molecule has 3 rings (SSSR count). The van der Waals surface area contributed by atoms with Gasteiger partial charge >= 0.3 is 6.03 Å². The number of nitrogens with one attached hydrogen (secondary N) is 2. The van der Waals surface area contributed by atoms with Crippen LogP contribution in [0.1, 0.15) is 51.0 Å². The lowest BCUT2D eigenvalue weighted by atomic mass is 10.1. The molecule has 2 aliphatic heterocycles. The summed E-state index contributed by atoms with van der Waals surface area (Å²) in [5, 5.41) is 5.61. The summed E-state index contributed by atoms with van der Waals surface area (Å²) >= 11 is 0. The SMILES string of the molecule is C[C@H](NC(=O)NCc1ccnc(N2CCCCC2)c1)C(=O)N1CCCCC1. The first-order valence-electron chi connectivity index (χ1n) is 10.2. The Morgan fingerprint density at radius 3 is 2.44 bits per heavy atom. The third-order valence-electron chi connectivity index (χ3n) is 5.33. The predicted molar refractivity (Wildman–Crippen MR) is 106 cm³/mol. The van der Waals surface area contributed by atoms with Crippen LogP contribution in [0.3, 0.4) is 0 Å². The van der Waals surface area contributed by atoms with Crippen molar-refractivity contribution in [3.05, 3.63) is 23.9 Å². The van der Waals surface area contributed by atoms with Gasteiger partial charge < -0.3 is 20.4 Å². The third-order valence-corrected chi connectivity index (χ3v) is 5.33. The van der Waals surface area contributed by atoms with E-state index in [0.717, 1.165) is 50.4 Å². The van der Waals surface area contributed by atoms with E-state index < -0.39 is 6.04 Å². The number of amides is 3. The maximum atomic E-state index is 12.4. The standard InChI is InChI=1S/C20H31N5O2/c1-16(19(26)25-12-6-3-7-13-25)23-20(27)22-15-17-8-9-21-18(14-17)24-10-4-2-5-11-24/h8-9,14,16H,2-7,10-13,15H2,1H3,(H2,22,23,27)/t16-/m0/s1. The summed E-state index contributed by atoms with van der Waals surface area (Å²) in [5.74, 6) is 0.976. The molecule has 1 aromatic heterocycles. The first-order valence-corrected chi connectivity index (χ1v) is 10.2. The molecule has 1 atom stereocenters. The van der Waals surface area contributed by atoms with Crippen molar-refractivity contribution in [2.45, 2.75) is 58.0 Å². The van der Waals surface area contributed by atoms with Crippen molar-refractivity contribution >= 4 is 17.8 Å². The maximum absolute atomic E-state index is 12.4. The number of hydrogen-bond donors (Lipinski definition) is 2. The summed E-state index contributed by atoms with van der Waals surface area (Å²) in [6.45, 7) is 5.84. The van der Waals surface area contributed by atoms with E-state index >= 15 is 0 Å². The predicted octanol–water partition coefficient (Wildman–Crippen LogP) is 2.27. The third kappa shape index (κ3) is 5.58.